The number of aliphatic hydroxyl groups is 1. The molecule has 4 heteroatoms. The Morgan fingerprint density at radius 1 is 1.41 bits per heavy atom. The second kappa shape index (κ2) is 6.70. The lowest BCUT2D eigenvalue weighted by Gasteiger charge is -2.09. The molecule has 0 saturated carbocycles. The van der Waals surface area contributed by atoms with Gasteiger partial charge in [-0.15, -0.1) is 0 Å². The summed E-state index contributed by atoms with van der Waals surface area (Å²) < 4.78 is 9.98. The number of aliphatic hydroxyl groups excluding tert-OH is 1. The van der Waals surface area contributed by atoms with Crippen molar-refractivity contribution in [3.05, 3.63) is 42.2 Å². The summed E-state index contributed by atoms with van der Waals surface area (Å²) in [6.45, 7) is 3.28. The number of rotatable bonds is 5. The maximum absolute atomic E-state index is 11.4. The van der Waals surface area contributed by atoms with Crippen molar-refractivity contribution in [2.75, 3.05) is 0 Å². The highest BCUT2D eigenvalue weighted by Crippen LogP contribution is 2.10. The molecular formula is C13H16O4. The number of benzene rings is 1. The Morgan fingerprint density at radius 3 is 2.65 bits per heavy atom. The number of carbonyl (C=O) groups is 1. The Bertz CT molecular complexity index is 384. The van der Waals surface area contributed by atoms with E-state index in [0.29, 0.717) is 17.7 Å². The predicted molar refractivity (Wildman–Crippen MR) is 63.2 cm³/mol. The minimum absolute atomic E-state index is 0.293. The van der Waals surface area contributed by atoms with Crippen LogP contribution in [0.5, 0.6) is 5.75 Å². The molecule has 1 aromatic rings. The summed E-state index contributed by atoms with van der Waals surface area (Å²) in [7, 11) is 0. The third-order valence-electron chi connectivity index (χ3n) is 2.03. The second-order valence-electron chi connectivity index (χ2n) is 3.50. The first-order valence-corrected chi connectivity index (χ1v) is 5.41. The number of esters is 1. The molecule has 0 spiro atoms. The van der Waals surface area contributed by atoms with Crippen LogP contribution < -0.4 is 4.74 Å². The first-order valence-electron chi connectivity index (χ1n) is 5.41. The molecule has 0 aliphatic heterocycles. The fourth-order valence-electron chi connectivity index (χ4n) is 1.00. The lowest BCUT2D eigenvalue weighted by molar-refractivity contribution is -0.163. The monoisotopic (exact) mass is 236 g/mol. The van der Waals surface area contributed by atoms with Gasteiger partial charge in [0.1, 0.15) is 12.0 Å². The number of hydrogen-bond acceptors (Lipinski definition) is 4. The van der Waals surface area contributed by atoms with Crippen molar-refractivity contribution < 1.29 is 19.4 Å². The largest absolute Gasteiger partial charge is 0.464 e. The van der Waals surface area contributed by atoms with E-state index in [1.54, 1.807) is 26.0 Å². The zero-order valence-corrected chi connectivity index (χ0v) is 9.92. The Balaban J connectivity index is 2.52. The smallest absolute Gasteiger partial charge is 0.339 e. The SMILES string of the molecule is CCC(O)OC(=O)/C(C)=C/Oc1ccccc1. The number of hydrogen-bond donors (Lipinski definition) is 1. The molecule has 0 amide bonds. The van der Waals surface area contributed by atoms with Crippen molar-refractivity contribution >= 4 is 5.97 Å². The highest BCUT2D eigenvalue weighted by atomic mass is 16.6. The van der Waals surface area contributed by atoms with E-state index in [4.69, 9.17) is 14.6 Å². The maximum Gasteiger partial charge on any atom is 0.339 e. The third kappa shape index (κ3) is 4.70. The zero-order chi connectivity index (χ0) is 12.7. The van der Waals surface area contributed by atoms with Gasteiger partial charge in [-0.2, -0.15) is 0 Å². The molecule has 0 saturated heterocycles. The molecule has 1 rings (SSSR count). The Kier molecular flexibility index (Phi) is 5.23. The van der Waals surface area contributed by atoms with Crippen molar-refractivity contribution in [2.45, 2.75) is 26.6 Å². The van der Waals surface area contributed by atoms with Crippen molar-refractivity contribution in [2.24, 2.45) is 0 Å². The lowest BCUT2D eigenvalue weighted by atomic mass is 10.3. The number of carbonyl (C=O) groups excluding carboxylic acids is 1. The summed E-state index contributed by atoms with van der Waals surface area (Å²) in [5.41, 5.74) is 0.293. The normalized spacial score (nSPS) is 13.0. The highest BCUT2D eigenvalue weighted by Gasteiger charge is 2.11. The molecule has 0 aromatic heterocycles. The van der Waals surface area contributed by atoms with Crippen LogP contribution in [0, 0.1) is 0 Å². The predicted octanol–water partition coefficient (Wildman–Crippen LogP) is 2.24. The van der Waals surface area contributed by atoms with Gasteiger partial charge in [-0.05, 0) is 19.1 Å². The van der Waals surface area contributed by atoms with Crippen LogP contribution in [-0.2, 0) is 9.53 Å². The van der Waals surface area contributed by atoms with Crippen LogP contribution in [0.3, 0.4) is 0 Å². The van der Waals surface area contributed by atoms with E-state index >= 15 is 0 Å². The maximum atomic E-state index is 11.4. The van der Waals surface area contributed by atoms with Gasteiger partial charge in [0.2, 0.25) is 6.29 Å². The molecule has 0 aliphatic carbocycles. The van der Waals surface area contributed by atoms with Crippen molar-refractivity contribution in [1.29, 1.82) is 0 Å². The summed E-state index contributed by atoms with van der Waals surface area (Å²) in [4.78, 5) is 11.4. The van der Waals surface area contributed by atoms with E-state index in [9.17, 15) is 4.79 Å². The average molecular weight is 236 g/mol. The first-order chi connectivity index (χ1) is 8.13. The molecule has 0 bridgehead atoms. The lowest BCUT2D eigenvalue weighted by Crippen LogP contribution is -2.17. The third-order valence-corrected chi connectivity index (χ3v) is 2.03. The molecule has 4 nitrogen and oxygen atoms in total. The Labute approximate surface area is 100 Å². The number of ether oxygens (including phenoxy) is 2. The summed E-state index contributed by atoms with van der Waals surface area (Å²) in [5.74, 6) is 0.0472. The van der Waals surface area contributed by atoms with Gasteiger partial charge < -0.3 is 14.6 Å². The van der Waals surface area contributed by atoms with Gasteiger partial charge in [-0.1, -0.05) is 25.1 Å². The van der Waals surface area contributed by atoms with E-state index in [1.165, 1.54) is 6.26 Å². The van der Waals surface area contributed by atoms with E-state index in [0.717, 1.165) is 0 Å². The Hall–Kier alpha value is -1.81. The molecule has 1 atom stereocenters. The minimum atomic E-state index is -1.07. The van der Waals surface area contributed by atoms with Crippen molar-refractivity contribution in [3.8, 4) is 5.75 Å². The van der Waals surface area contributed by atoms with E-state index in [-0.39, 0.29) is 0 Å². The summed E-state index contributed by atoms with van der Waals surface area (Å²) in [6, 6.07) is 9.08. The average Bonchev–Trinajstić information content (AvgIpc) is 2.36. The molecule has 92 valence electrons. The highest BCUT2D eigenvalue weighted by molar-refractivity contribution is 5.87. The molecule has 0 aliphatic rings. The van der Waals surface area contributed by atoms with Gasteiger partial charge >= 0.3 is 5.97 Å². The quantitative estimate of drug-likeness (QED) is 0.368. The topological polar surface area (TPSA) is 55.8 Å². The van der Waals surface area contributed by atoms with Gasteiger partial charge in [0, 0.05) is 6.42 Å². The van der Waals surface area contributed by atoms with Crippen LogP contribution in [0.25, 0.3) is 0 Å². The summed E-state index contributed by atoms with van der Waals surface area (Å²) >= 11 is 0. The van der Waals surface area contributed by atoms with Crippen LogP contribution in [0.15, 0.2) is 42.2 Å². The van der Waals surface area contributed by atoms with Crippen LogP contribution in [0.4, 0.5) is 0 Å². The standard InChI is InChI=1S/C13H16O4/c1-3-12(14)17-13(15)10(2)9-16-11-7-5-4-6-8-11/h4-9,12,14H,3H2,1-2H3/b10-9+. The van der Waals surface area contributed by atoms with Gasteiger partial charge in [0.05, 0.1) is 5.57 Å². The molecule has 17 heavy (non-hydrogen) atoms. The van der Waals surface area contributed by atoms with Crippen LogP contribution in [0.2, 0.25) is 0 Å². The Morgan fingerprint density at radius 2 is 2.06 bits per heavy atom. The zero-order valence-electron chi connectivity index (χ0n) is 9.92. The van der Waals surface area contributed by atoms with Gasteiger partial charge in [-0.3, -0.25) is 0 Å². The molecular weight excluding hydrogens is 220 g/mol. The molecule has 0 fully saturated rings. The minimum Gasteiger partial charge on any atom is -0.464 e. The summed E-state index contributed by atoms with van der Waals surface area (Å²) in [6.07, 6.45) is 0.598. The van der Waals surface area contributed by atoms with Crippen LogP contribution in [-0.4, -0.2) is 17.4 Å². The van der Waals surface area contributed by atoms with Crippen molar-refractivity contribution in [1.82, 2.24) is 0 Å². The molecule has 0 heterocycles. The van der Waals surface area contributed by atoms with Gasteiger partial charge in [-0.25, -0.2) is 4.79 Å². The molecule has 1 N–H and O–H groups in total. The summed E-state index contributed by atoms with van der Waals surface area (Å²) in [5, 5.41) is 9.15. The first kappa shape index (κ1) is 13.3. The van der Waals surface area contributed by atoms with E-state index < -0.39 is 12.3 Å². The van der Waals surface area contributed by atoms with Gasteiger partial charge in [0.25, 0.3) is 0 Å². The van der Waals surface area contributed by atoms with E-state index in [1.807, 2.05) is 18.2 Å². The van der Waals surface area contributed by atoms with E-state index in [2.05, 4.69) is 0 Å². The van der Waals surface area contributed by atoms with Crippen molar-refractivity contribution in [3.63, 3.8) is 0 Å². The molecule has 1 unspecified atom stereocenters. The van der Waals surface area contributed by atoms with Crippen LogP contribution >= 0.6 is 0 Å². The second-order valence-corrected chi connectivity index (χ2v) is 3.50. The van der Waals surface area contributed by atoms with Crippen LogP contribution in [0.1, 0.15) is 20.3 Å². The number of para-hydroxylation sites is 1. The van der Waals surface area contributed by atoms with Gasteiger partial charge in [0.15, 0.2) is 0 Å². The molecule has 1 aromatic carbocycles. The molecule has 0 radical (unpaired) electrons. The fourth-order valence-corrected chi connectivity index (χ4v) is 1.00. The fraction of sp³-hybridized carbons (Fsp3) is 0.308.